The van der Waals surface area contributed by atoms with E-state index < -0.39 is 11.6 Å². The summed E-state index contributed by atoms with van der Waals surface area (Å²) in [6.45, 7) is 0. The van der Waals surface area contributed by atoms with Gasteiger partial charge in [-0.05, 0) is 19.2 Å². The van der Waals surface area contributed by atoms with Crippen molar-refractivity contribution in [1.82, 2.24) is 15.5 Å². The molecular weight excluding hydrogens is 212 g/mol. The third kappa shape index (κ3) is 1.94. The molecule has 0 aliphatic carbocycles. The summed E-state index contributed by atoms with van der Waals surface area (Å²) < 4.78 is 26.3. The van der Waals surface area contributed by atoms with E-state index in [1.54, 1.807) is 19.3 Å². The van der Waals surface area contributed by atoms with Crippen LogP contribution in [0.2, 0.25) is 0 Å². The van der Waals surface area contributed by atoms with Gasteiger partial charge in [0, 0.05) is 17.8 Å². The molecule has 0 saturated heterocycles. The van der Waals surface area contributed by atoms with Crippen LogP contribution in [0.4, 0.5) is 8.78 Å². The van der Waals surface area contributed by atoms with E-state index >= 15 is 0 Å². The van der Waals surface area contributed by atoms with Gasteiger partial charge in [-0.15, -0.1) is 0 Å². The van der Waals surface area contributed by atoms with Gasteiger partial charge in [-0.2, -0.15) is 5.10 Å². The lowest BCUT2D eigenvalue weighted by Crippen LogP contribution is -2.19. The van der Waals surface area contributed by atoms with Crippen LogP contribution in [-0.4, -0.2) is 17.2 Å². The molecule has 16 heavy (non-hydrogen) atoms. The second kappa shape index (κ2) is 4.40. The molecule has 84 valence electrons. The van der Waals surface area contributed by atoms with Crippen LogP contribution in [0.3, 0.4) is 0 Å². The third-order valence-electron chi connectivity index (χ3n) is 2.40. The molecule has 5 heteroatoms. The summed E-state index contributed by atoms with van der Waals surface area (Å²) in [7, 11) is 1.70. The predicted octanol–water partition coefficient (Wildman–Crippen LogP) is 2.00. The van der Waals surface area contributed by atoms with Gasteiger partial charge < -0.3 is 5.32 Å². The molecule has 0 aliphatic rings. The summed E-state index contributed by atoms with van der Waals surface area (Å²) in [6.07, 6.45) is 1.58. The van der Waals surface area contributed by atoms with E-state index in [2.05, 4.69) is 15.5 Å². The van der Waals surface area contributed by atoms with E-state index in [1.807, 2.05) is 0 Å². The fourth-order valence-corrected chi connectivity index (χ4v) is 1.64. The highest BCUT2D eigenvalue weighted by Gasteiger charge is 2.17. The number of halogens is 2. The normalized spacial score (nSPS) is 12.7. The number of aromatic amines is 1. The summed E-state index contributed by atoms with van der Waals surface area (Å²) in [6, 6.07) is 4.91. The van der Waals surface area contributed by atoms with Gasteiger partial charge in [-0.3, -0.25) is 5.10 Å². The molecular formula is C11H11F2N3. The highest BCUT2D eigenvalue weighted by molar-refractivity contribution is 5.28. The molecule has 0 amide bonds. The Bertz CT molecular complexity index is 468. The molecule has 0 saturated carbocycles. The van der Waals surface area contributed by atoms with Crippen LogP contribution in [-0.2, 0) is 0 Å². The lowest BCUT2D eigenvalue weighted by molar-refractivity contribution is 0.548. The van der Waals surface area contributed by atoms with Gasteiger partial charge in [0.25, 0.3) is 0 Å². The molecule has 3 nitrogen and oxygen atoms in total. The van der Waals surface area contributed by atoms with Gasteiger partial charge in [0.05, 0.1) is 11.7 Å². The lowest BCUT2D eigenvalue weighted by Gasteiger charge is -2.15. The Labute approximate surface area is 91.5 Å². The highest BCUT2D eigenvalue weighted by Crippen LogP contribution is 2.22. The monoisotopic (exact) mass is 223 g/mol. The molecule has 0 spiro atoms. The number of hydrogen-bond acceptors (Lipinski definition) is 2. The standard InChI is InChI=1S/C11H11F2N3/c1-14-11(10-4-5-15-16-10)8-3-2-7(12)6-9(8)13/h2-6,11,14H,1H3,(H,15,16). The van der Waals surface area contributed by atoms with Crippen molar-refractivity contribution in [2.24, 2.45) is 0 Å². The Hall–Kier alpha value is -1.75. The van der Waals surface area contributed by atoms with Gasteiger partial charge >= 0.3 is 0 Å². The number of nitrogens with zero attached hydrogens (tertiary/aromatic N) is 1. The highest BCUT2D eigenvalue weighted by atomic mass is 19.1. The zero-order valence-electron chi connectivity index (χ0n) is 8.67. The average Bonchev–Trinajstić information content (AvgIpc) is 2.75. The van der Waals surface area contributed by atoms with Crippen LogP contribution in [0, 0.1) is 11.6 Å². The predicted molar refractivity (Wildman–Crippen MR) is 55.8 cm³/mol. The van der Waals surface area contributed by atoms with Crippen LogP contribution >= 0.6 is 0 Å². The molecule has 0 radical (unpaired) electrons. The van der Waals surface area contributed by atoms with Gasteiger partial charge in [-0.1, -0.05) is 6.07 Å². The Morgan fingerprint density at radius 2 is 2.12 bits per heavy atom. The third-order valence-corrected chi connectivity index (χ3v) is 2.40. The van der Waals surface area contributed by atoms with Crippen LogP contribution in [0.5, 0.6) is 0 Å². The van der Waals surface area contributed by atoms with Crippen molar-refractivity contribution in [3.63, 3.8) is 0 Å². The lowest BCUT2D eigenvalue weighted by atomic mass is 10.0. The Kier molecular flexibility index (Phi) is 2.96. The molecule has 0 bridgehead atoms. The van der Waals surface area contributed by atoms with Crippen molar-refractivity contribution in [2.75, 3.05) is 7.05 Å². The van der Waals surface area contributed by atoms with E-state index in [-0.39, 0.29) is 6.04 Å². The second-order valence-electron chi connectivity index (χ2n) is 3.40. The molecule has 2 rings (SSSR count). The van der Waals surface area contributed by atoms with Crippen LogP contribution < -0.4 is 5.32 Å². The maximum atomic E-state index is 13.6. The zero-order valence-corrected chi connectivity index (χ0v) is 8.67. The van der Waals surface area contributed by atoms with Gasteiger partial charge in [0.2, 0.25) is 0 Å². The molecule has 0 aliphatic heterocycles. The molecule has 1 unspecified atom stereocenters. The quantitative estimate of drug-likeness (QED) is 0.835. The molecule has 1 aromatic carbocycles. The van der Waals surface area contributed by atoms with Crippen molar-refractivity contribution in [1.29, 1.82) is 0 Å². The number of hydrogen-bond donors (Lipinski definition) is 2. The van der Waals surface area contributed by atoms with E-state index in [0.29, 0.717) is 5.56 Å². The first kappa shape index (κ1) is 10.8. The SMILES string of the molecule is CNC(c1ccn[nH]1)c1ccc(F)cc1F. The minimum Gasteiger partial charge on any atom is -0.308 e. The van der Waals surface area contributed by atoms with E-state index in [0.717, 1.165) is 11.8 Å². The molecule has 1 heterocycles. The first-order valence-corrected chi connectivity index (χ1v) is 4.84. The summed E-state index contributed by atoms with van der Waals surface area (Å²) in [5.41, 5.74) is 1.11. The Balaban J connectivity index is 2.41. The Morgan fingerprint density at radius 1 is 1.31 bits per heavy atom. The van der Waals surface area contributed by atoms with Crippen molar-refractivity contribution >= 4 is 0 Å². The number of rotatable bonds is 3. The summed E-state index contributed by atoms with van der Waals surface area (Å²) in [5.74, 6) is -1.16. The van der Waals surface area contributed by atoms with Gasteiger partial charge in [-0.25, -0.2) is 8.78 Å². The fourth-order valence-electron chi connectivity index (χ4n) is 1.64. The van der Waals surface area contributed by atoms with Crippen LogP contribution in [0.15, 0.2) is 30.5 Å². The number of nitrogens with one attached hydrogen (secondary N) is 2. The maximum absolute atomic E-state index is 13.6. The molecule has 2 aromatic rings. The summed E-state index contributed by atoms with van der Waals surface area (Å²) >= 11 is 0. The van der Waals surface area contributed by atoms with Crippen LogP contribution in [0.1, 0.15) is 17.3 Å². The topological polar surface area (TPSA) is 40.7 Å². The van der Waals surface area contributed by atoms with Crippen molar-refractivity contribution in [2.45, 2.75) is 6.04 Å². The molecule has 2 N–H and O–H groups in total. The fraction of sp³-hybridized carbons (Fsp3) is 0.182. The summed E-state index contributed by atoms with van der Waals surface area (Å²) in [5, 5.41) is 9.51. The van der Waals surface area contributed by atoms with Gasteiger partial charge in [0.1, 0.15) is 11.6 Å². The molecule has 0 fully saturated rings. The zero-order chi connectivity index (χ0) is 11.5. The smallest absolute Gasteiger partial charge is 0.131 e. The van der Waals surface area contributed by atoms with E-state index in [1.165, 1.54) is 12.1 Å². The van der Waals surface area contributed by atoms with Crippen molar-refractivity contribution in [3.8, 4) is 0 Å². The first-order chi connectivity index (χ1) is 7.72. The minimum absolute atomic E-state index is 0.358. The average molecular weight is 223 g/mol. The Morgan fingerprint density at radius 3 is 2.69 bits per heavy atom. The largest absolute Gasteiger partial charge is 0.308 e. The molecule has 1 aromatic heterocycles. The van der Waals surface area contributed by atoms with Gasteiger partial charge in [0.15, 0.2) is 0 Å². The maximum Gasteiger partial charge on any atom is 0.131 e. The second-order valence-corrected chi connectivity index (χ2v) is 3.40. The minimum atomic E-state index is -0.583. The van der Waals surface area contributed by atoms with E-state index in [4.69, 9.17) is 0 Å². The van der Waals surface area contributed by atoms with Crippen molar-refractivity contribution < 1.29 is 8.78 Å². The number of H-pyrrole nitrogens is 1. The molecule has 1 atom stereocenters. The number of benzene rings is 1. The number of aromatic nitrogens is 2. The first-order valence-electron chi connectivity index (χ1n) is 4.84. The van der Waals surface area contributed by atoms with Crippen LogP contribution in [0.25, 0.3) is 0 Å². The van der Waals surface area contributed by atoms with E-state index in [9.17, 15) is 8.78 Å². The van der Waals surface area contributed by atoms with Crippen molar-refractivity contribution in [3.05, 3.63) is 53.4 Å². The summed E-state index contributed by atoms with van der Waals surface area (Å²) in [4.78, 5) is 0.